The van der Waals surface area contributed by atoms with Crippen LogP contribution >= 0.6 is 0 Å². The van der Waals surface area contributed by atoms with Crippen molar-refractivity contribution < 1.29 is 4.57 Å². The van der Waals surface area contributed by atoms with Crippen LogP contribution in [0, 0.1) is 0 Å². The van der Waals surface area contributed by atoms with Gasteiger partial charge >= 0.3 is 0 Å². The summed E-state index contributed by atoms with van der Waals surface area (Å²) in [4.78, 5) is 0. The molecule has 3 aromatic rings. The number of hydrogen-bond acceptors (Lipinski definition) is 0. The molecular weight excluding hydrogens is 593 g/mol. The number of nitrogens with zero attached hydrogens (tertiary/aromatic N) is 2. The van der Waals surface area contributed by atoms with E-state index in [0.717, 1.165) is 25.9 Å². The molecule has 2 aromatic carbocycles. The molecule has 0 aliphatic heterocycles. The van der Waals surface area contributed by atoms with E-state index in [1.54, 1.807) is 0 Å². The summed E-state index contributed by atoms with van der Waals surface area (Å²) in [7, 11) is 0. The monoisotopic (exact) mass is 670 g/mol. The first kappa shape index (κ1) is 41.1. The van der Waals surface area contributed by atoms with E-state index in [4.69, 9.17) is 0 Å². The van der Waals surface area contributed by atoms with Gasteiger partial charge < -0.3 is 0 Å². The highest BCUT2D eigenvalue weighted by Gasteiger charge is 2.25. The molecule has 2 nitrogen and oxygen atoms in total. The Labute approximate surface area is 304 Å². The smallest absolute Gasteiger partial charge is 0.234 e. The normalized spacial score (nSPS) is 12.1. The maximum absolute atomic E-state index is 2.75. The minimum absolute atomic E-state index is 0.515. The molecule has 3 rings (SSSR count). The van der Waals surface area contributed by atoms with Crippen LogP contribution in [0.1, 0.15) is 203 Å². The molecule has 0 aliphatic carbocycles. The number of rotatable bonds is 31. The van der Waals surface area contributed by atoms with Crippen LogP contribution < -0.4 is 4.57 Å². The van der Waals surface area contributed by atoms with Gasteiger partial charge in [-0.2, -0.15) is 0 Å². The number of hydrogen-bond donors (Lipinski definition) is 0. The minimum atomic E-state index is 0.515. The average Bonchev–Trinajstić information content (AvgIpc) is 3.44. The zero-order valence-corrected chi connectivity index (χ0v) is 32.6. The van der Waals surface area contributed by atoms with E-state index in [1.165, 1.54) is 177 Å². The summed E-state index contributed by atoms with van der Waals surface area (Å²) in [6, 6.07) is 22.4. The largest absolute Gasteiger partial charge is 0.261 e. The van der Waals surface area contributed by atoms with Gasteiger partial charge in [-0.3, -0.25) is 0 Å². The van der Waals surface area contributed by atoms with Crippen LogP contribution in [0.25, 0.3) is 0 Å². The maximum atomic E-state index is 2.75. The molecule has 1 heterocycles. The van der Waals surface area contributed by atoms with Crippen LogP contribution in [0.15, 0.2) is 66.9 Å². The first-order valence-corrected chi connectivity index (χ1v) is 21.4. The van der Waals surface area contributed by atoms with Crippen LogP contribution in [0.3, 0.4) is 0 Å². The summed E-state index contributed by atoms with van der Waals surface area (Å²) in [6.45, 7) is 9.34. The van der Waals surface area contributed by atoms with E-state index in [-0.39, 0.29) is 0 Å². The molecule has 2 heteroatoms. The number of aryl methyl sites for hydroxylation is 1. The molecule has 1 aromatic heterocycles. The zero-order chi connectivity index (χ0) is 34.6. The Morgan fingerprint density at radius 2 is 0.939 bits per heavy atom. The molecule has 49 heavy (non-hydrogen) atoms. The molecule has 0 bridgehead atoms. The molecule has 0 fully saturated rings. The lowest BCUT2D eigenvalue weighted by Crippen LogP contribution is -2.37. The van der Waals surface area contributed by atoms with Crippen molar-refractivity contribution in [1.29, 1.82) is 0 Å². The van der Waals surface area contributed by atoms with Crippen LogP contribution in [0.5, 0.6) is 0 Å². The second-order valence-electron chi connectivity index (χ2n) is 15.3. The zero-order valence-electron chi connectivity index (χ0n) is 32.6. The second kappa shape index (κ2) is 27.4. The van der Waals surface area contributed by atoms with Gasteiger partial charge in [-0.1, -0.05) is 210 Å². The molecule has 1 unspecified atom stereocenters. The summed E-state index contributed by atoms with van der Waals surface area (Å²) < 4.78 is 5.41. The Bertz CT molecular complexity index is 1160. The van der Waals surface area contributed by atoms with Crippen molar-refractivity contribution in [2.75, 3.05) is 0 Å². The van der Waals surface area contributed by atoms with E-state index < -0.39 is 0 Å². The Balaban J connectivity index is 1.54. The van der Waals surface area contributed by atoms with E-state index in [0.29, 0.717) is 5.92 Å². The number of unbranched alkanes of at least 4 members (excludes halogenated alkanes) is 22. The quantitative estimate of drug-likeness (QED) is 0.0476. The van der Waals surface area contributed by atoms with Crippen LogP contribution in [-0.4, -0.2) is 4.57 Å². The lowest BCUT2D eigenvalue weighted by Gasteiger charge is -2.12. The first-order valence-electron chi connectivity index (χ1n) is 21.4. The summed E-state index contributed by atoms with van der Waals surface area (Å²) in [5, 5.41) is 0. The van der Waals surface area contributed by atoms with Crippen molar-refractivity contribution in [1.82, 2.24) is 4.57 Å². The van der Waals surface area contributed by atoms with E-state index in [2.05, 4.69) is 96.8 Å². The van der Waals surface area contributed by atoms with Crippen LogP contribution in [-0.2, 0) is 25.9 Å². The Morgan fingerprint density at radius 3 is 1.43 bits per heavy atom. The van der Waals surface area contributed by atoms with Crippen molar-refractivity contribution in [3.63, 3.8) is 0 Å². The van der Waals surface area contributed by atoms with Gasteiger partial charge in [0.2, 0.25) is 0 Å². The summed E-state index contributed by atoms with van der Waals surface area (Å²) in [6.07, 6.45) is 38.4. The number of benzene rings is 2. The topological polar surface area (TPSA) is 8.81 Å². The molecule has 0 radical (unpaired) electrons. The van der Waals surface area contributed by atoms with Gasteiger partial charge in [-0.05, 0) is 42.7 Å². The predicted octanol–water partition coefficient (Wildman–Crippen LogP) is 14.1. The SMILES string of the molecule is CCCCCCCCCCCCCCCCCn1c(CC(C)c2ccccc2)c[n+](CCCCCCCCCCC)c1Cc1ccccc1. The summed E-state index contributed by atoms with van der Waals surface area (Å²) in [5.74, 6) is 2.04. The molecule has 1 atom stereocenters. The number of aromatic nitrogens is 2. The minimum Gasteiger partial charge on any atom is -0.234 e. The molecule has 0 N–H and O–H groups in total. The Hall–Kier alpha value is -2.35. The van der Waals surface area contributed by atoms with E-state index >= 15 is 0 Å². The Kier molecular flexibility index (Phi) is 23.0. The fraction of sp³-hybridized carbons (Fsp3) is 0.681. The van der Waals surface area contributed by atoms with Gasteiger partial charge in [-0.15, -0.1) is 0 Å². The number of imidazole rings is 1. The second-order valence-corrected chi connectivity index (χ2v) is 15.3. The molecule has 0 saturated heterocycles. The third-order valence-electron chi connectivity index (χ3n) is 10.9. The third-order valence-corrected chi connectivity index (χ3v) is 10.9. The molecule has 0 amide bonds. The molecule has 0 aliphatic rings. The summed E-state index contributed by atoms with van der Waals surface area (Å²) >= 11 is 0. The van der Waals surface area contributed by atoms with Gasteiger partial charge in [-0.25, -0.2) is 9.13 Å². The van der Waals surface area contributed by atoms with Gasteiger partial charge in [0.1, 0.15) is 11.9 Å². The van der Waals surface area contributed by atoms with Gasteiger partial charge in [0.15, 0.2) is 0 Å². The van der Waals surface area contributed by atoms with Crippen molar-refractivity contribution >= 4 is 0 Å². The average molecular weight is 670 g/mol. The molecule has 0 saturated carbocycles. The van der Waals surface area contributed by atoms with E-state index in [1.807, 2.05) is 0 Å². The Morgan fingerprint density at radius 1 is 0.510 bits per heavy atom. The van der Waals surface area contributed by atoms with Crippen molar-refractivity contribution in [3.05, 3.63) is 89.5 Å². The lowest BCUT2D eigenvalue weighted by atomic mass is 9.96. The van der Waals surface area contributed by atoms with Crippen molar-refractivity contribution in [2.45, 2.75) is 207 Å². The molecular formula is C47H77N2+. The maximum Gasteiger partial charge on any atom is 0.261 e. The van der Waals surface area contributed by atoms with Gasteiger partial charge in [0.05, 0.1) is 19.5 Å². The van der Waals surface area contributed by atoms with Crippen molar-refractivity contribution in [2.24, 2.45) is 0 Å². The highest BCUT2D eigenvalue weighted by molar-refractivity contribution is 5.22. The third kappa shape index (κ3) is 17.9. The molecule has 274 valence electrons. The molecule has 0 spiro atoms. The van der Waals surface area contributed by atoms with Crippen LogP contribution in [0.4, 0.5) is 0 Å². The van der Waals surface area contributed by atoms with Gasteiger partial charge in [0, 0.05) is 6.42 Å². The highest BCUT2D eigenvalue weighted by atomic mass is 15.2. The standard InChI is InChI=1S/C47H77N2/c1-4-6-8-10-12-14-15-16-17-18-19-21-23-25-33-39-49-46(40-43(3)45-36-30-27-31-37-45)42-48(47(49)41-44-34-28-26-29-35-44)38-32-24-22-20-13-11-9-7-5-2/h26-31,34-37,42-43H,4-25,32-33,38-41H2,1-3H3/q+1. The lowest BCUT2D eigenvalue weighted by molar-refractivity contribution is -0.704. The van der Waals surface area contributed by atoms with E-state index in [9.17, 15) is 0 Å². The first-order chi connectivity index (χ1) is 24.2. The fourth-order valence-corrected chi connectivity index (χ4v) is 7.70. The summed E-state index contributed by atoms with van der Waals surface area (Å²) in [5.41, 5.74) is 4.42. The van der Waals surface area contributed by atoms with Crippen LogP contribution in [0.2, 0.25) is 0 Å². The predicted molar refractivity (Wildman–Crippen MR) is 215 cm³/mol. The fourth-order valence-electron chi connectivity index (χ4n) is 7.70. The highest BCUT2D eigenvalue weighted by Crippen LogP contribution is 2.23. The van der Waals surface area contributed by atoms with Crippen molar-refractivity contribution in [3.8, 4) is 0 Å². The van der Waals surface area contributed by atoms with Gasteiger partial charge in [0.25, 0.3) is 5.82 Å².